The number of fused-ring (bicyclic) bond motifs is 1. The van der Waals surface area contributed by atoms with Crippen LogP contribution < -0.4 is 10.1 Å². The van der Waals surface area contributed by atoms with Crippen molar-refractivity contribution in [1.82, 2.24) is 0 Å². The highest BCUT2D eigenvalue weighted by atomic mass is 32.1. The van der Waals surface area contributed by atoms with Crippen LogP contribution in [-0.4, -0.2) is 18.5 Å². The van der Waals surface area contributed by atoms with Gasteiger partial charge in [-0.1, -0.05) is 37.3 Å². The second-order valence-corrected chi connectivity index (χ2v) is 7.59. The summed E-state index contributed by atoms with van der Waals surface area (Å²) in [6.07, 6.45) is 0.295. The normalized spacial score (nSPS) is 10.5. The van der Waals surface area contributed by atoms with Crippen LogP contribution in [0.25, 0.3) is 10.1 Å². The summed E-state index contributed by atoms with van der Waals surface area (Å²) in [5, 5.41) is 13.2. The maximum Gasteiger partial charge on any atom is 0.341 e. The molecule has 0 unspecified atom stereocenters. The van der Waals surface area contributed by atoms with E-state index in [0.717, 1.165) is 15.8 Å². The van der Waals surface area contributed by atoms with Gasteiger partial charge < -0.3 is 14.8 Å². The van der Waals surface area contributed by atoms with Crippen LogP contribution in [0.3, 0.4) is 0 Å². The predicted octanol–water partition coefficient (Wildman–Crippen LogP) is 5.19. The average Bonchev–Trinajstić information content (AvgIpc) is 3.11. The second kappa shape index (κ2) is 9.42. The summed E-state index contributed by atoms with van der Waals surface area (Å²) in [5.74, 6) is -0.0539. The molecule has 30 heavy (non-hydrogen) atoms. The SMILES string of the molecule is CCOC(=O)c1c(NC(=O)CC)sc2c(OCc3ccccc3C#N)c(C)ccc12. The number of nitrogens with zero attached hydrogens (tertiary/aromatic N) is 1. The molecule has 2 aromatic carbocycles. The Morgan fingerprint density at radius 3 is 2.63 bits per heavy atom. The summed E-state index contributed by atoms with van der Waals surface area (Å²) < 4.78 is 12.1. The third kappa shape index (κ3) is 4.29. The molecule has 154 valence electrons. The van der Waals surface area contributed by atoms with E-state index in [4.69, 9.17) is 9.47 Å². The first-order chi connectivity index (χ1) is 14.5. The van der Waals surface area contributed by atoms with Gasteiger partial charge in [0.2, 0.25) is 5.91 Å². The van der Waals surface area contributed by atoms with Crippen molar-refractivity contribution in [1.29, 1.82) is 5.26 Å². The van der Waals surface area contributed by atoms with Gasteiger partial charge in [0.05, 0.1) is 22.9 Å². The lowest BCUT2D eigenvalue weighted by Crippen LogP contribution is -2.12. The van der Waals surface area contributed by atoms with Crippen molar-refractivity contribution in [2.24, 2.45) is 0 Å². The van der Waals surface area contributed by atoms with Crippen LogP contribution in [0.5, 0.6) is 5.75 Å². The lowest BCUT2D eigenvalue weighted by atomic mass is 10.1. The van der Waals surface area contributed by atoms with Crippen molar-refractivity contribution >= 4 is 38.3 Å². The first-order valence-corrected chi connectivity index (χ1v) is 10.5. The quantitative estimate of drug-likeness (QED) is 0.530. The zero-order chi connectivity index (χ0) is 21.7. The van der Waals surface area contributed by atoms with Crippen LogP contribution in [-0.2, 0) is 16.1 Å². The number of anilines is 1. The highest BCUT2D eigenvalue weighted by Crippen LogP contribution is 2.43. The summed E-state index contributed by atoms with van der Waals surface area (Å²) in [6.45, 7) is 5.85. The largest absolute Gasteiger partial charge is 0.487 e. The van der Waals surface area contributed by atoms with Crippen LogP contribution in [0.4, 0.5) is 5.00 Å². The highest BCUT2D eigenvalue weighted by Gasteiger charge is 2.24. The molecule has 0 radical (unpaired) electrons. The van der Waals surface area contributed by atoms with Crippen molar-refractivity contribution in [3.05, 3.63) is 58.7 Å². The minimum Gasteiger partial charge on any atom is -0.487 e. The molecule has 0 aliphatic heterocycles. The number of hydrogen-bond donors (Lipinski definition) is 1. The first kappa shape index (κ1) is 21.3. The molecule has 1 heterocycles. The third-order valence-electron chi connectivity index (χ3n) is 4.57. The number of hydrogen-bond acceptors (Lipinski definition) is 6. The first-order valence-electron chi connectivity index (χ1n) is 9.64. The van der Waals surface area contributed by atoms with E-state index in [1.807, 2.05) is 37.3 Å². The van der Waals surface area contributed by atoms with Gasteiger partial charge >= 0.3 is 5.97 Å². The van der Waals surface area contributed by atoms with E-state index in [-0.39, 0.29) is 19.1 Å². The molecule has 7 heteroatoms. The van der Waals surface area contributed by atoms with Gasteiger partial charge in [-0.3, -0.25) is 4.79 Å². The molecule has 0 atom stereocenters. The van der Waals surface area contributed by atoms with Crippen LogP contribution >= 0.6 is 11.3 Å². The molecule has 0 aliphatic carbocycles. The molecule has 6 nitrogen and oxygen atoms in total. The molecule has 1 N–H and O–H groups in total. The Morgan fingerprint density at radius 1 is 1.17 bits per heavy atom. The Hall–Kier alpha value is -3.37. The van der Waals surface area contributed by atoms with Crippen LogP contribution in [0.15, 0.2) is 36.4 Å². The van der Waals surface area contributed by atoms with Crippen molar-refractivity contribution in [2.75, 3.05) is 11.9 Å². The lowest BCUT2D eigenvalue weighted by Gasteiger charge is -2.11. The fourth-order valence-corrected chi connectivity index (χ4v) is 4.29. The number of nitriles is 1. The summed E-state index contributed by atoms with van der Waals surface area (Å²) in [4.78, 5) is 24.6. The number of ether oxygens (including phenoxy) is 2. The van der Waals surface area contributed by atoms with E-state index in [2.05, 4.69) is 11.4 Å². The Bertz CT molecular complexity index is 1140. The number of carbonyl (C=O) groups excluding carboxylic acids is 2. The monoisotopic (exact) mass is 422 g/mol. The molecule has 0 aliphatic rings. The standard InChI is InChI=1S/C23H22N2O4S/c1-4-18(26)25-22-19(23(27)28-5-2)17-11-10-14(3)20(21(17)30-22)29-13-16-9-7-6-8-15(16)12-24/h6-11H,4-5,13H2,1-3H3,(H,25,26). The van der Waals surface area contributed by atoms with E-state index in [1.165, 1.54) is 11.3 Å². The Morgan fingerprint density at radius 2 is 1.93 bits per heavy atom. The van der Waals surface area contributed by atoms with Crippen LogP contribution in [0, 0.1) is 18.3 Å². The average molecular weight is 423 g/mol. The molecule has 0 saturated heterocycles. The Balaban J connectivity index is 2.07. The molecule has 0 fully saturated rings. The topological polar surface area (TPSA) is 88.4 Å². The summed E-state index contributed by atoms with van der Waals surface area (Å²) >= 11 is 1.28. The molecule has 0 spiro atoms. The minimum atomic E-state index is -0.486. The number of nitrogens with one attached hydrogen (secondary N) is 1. The molecule has 3 aromatic rings. The summed E-state index contributed by atoms with van der Waals surface area (Å²) in [6, 6.07) is 13.1. The smallest absolute Gasteiger partial charge is 0.341 e. The van der Waals surface area contributed by atoms with Crippen molar-refractivity contribution < 1.29 is 19.1 Å². The van der Waals surface area contributed by atoms with E-state index < -0.39 is 5.97 Å². The van der Waals surface area contributed by atoms with E-state index in [0.29, 0.717) is 33.7 Å². The maximum absolute atomic E-state index is 12.6. The van der Waals surface area contributed by atoms with Crippen LogP contribution in [0.1, 0.15) is 47.3 Å². The Labute approximate surface area is 179 Å². The van der Waals surface area contributed by atoms with Gasteiger partial charge in [-0.15, -0.1) is 11.3 Å². The van der Waals surface area contributed by atoms with Crippen molar-refractivity contribution in [3.8, 4) is 11.8 Å². The molecule has 3 rings (SSSR count). The van der Waals surface area contributed by atoms with Gasteiger partial charge in [0, 0.05) is 17.4 Å². The van der Waals surface area contributed by atoms with Crippen molar-refractivity contribution in [3.63, 3.8) is 0 Å². The maximum atomic E-state index is 12.6. The number of benzene rings is 2. The zero-order valence-electron chi connectivity index (χ0n) is 17.1. The lowest BCUT2D eigenvalue weighted by molar-refractivity contribution is -0.115. The van der Waals surface area contributed by atoms with Gasteiger partial charge in [-0.05, 0) is 25.5 Å². The third-order valence-corrected chi connectivity index (χ3v) is 5.69. The zero-order valence-corrected chi connectivity index (χ0v) is 17.9. The molecule has 0 saturated carbocycles. The molecular formula is C23H22N2O4S. The number of carbonyl (C=O) groups is 2. The Kier molecular flexibility index (Phi) is 6.70. The van der Waals surface area contributed by atoms with E-state index in [9.17, 15) is 14.9 Å². The van der Waals surface area contributed by atoms with Gasteiger partial charge in [0.15, 0.2) is 0 Å². The summed E-state index contributed by atoms with van der Waals surface area (Å²) in [5.41, 5.74) is 2.55. The fourth-order valence-electron chi connectivity index (χ4n) is 3.03. The number of rotatable bonds is 7. The minimum absolute atomic E-state index is 0.186. The van der Waals surface area contributed by atoms with Gasteiger partial charge in [0.25, 0.3) is 0 Å². The second-order valence-electron chi connectivity index (χ2n) is 6.57. The molecule has 0 bridgehead atoms. The van der Waals surface area contributed by atoms with Gasteiger partial charge in [-0.25, -0.2) is 4.79 Å². The number of esters is 1. The summed E-state index contributed by atoms with van der Waals surface area (Å²) in [7, 11) is 0. The predicted molar refractivity (Wildman–Crippen MR) is 117 cm³/mol. The molecule has 1 amide bonds. The molecule has 1 aromatic heterocycles. The molecular weight excluding hydrogens is 400 g/mol. The number of thiophene rings is 1. The highest BCUT2D eigenvalue weighted by molar-refractivity contribution is 7.24. The van der Waals surface area contributed by atoms with Gasteiger partial charge in [0.1, 0.15) is 22.9 Å². The van der Waals surface area contributed by atoms with E-state index >= 15 is 0 Å². The number of aryl methyl sites for hydroxylation is 1. The fraction of sp³-hybridized carbons (Fsp3) is 0.261. The van der Waals surface area contributed by atoms with E-state index in [1.54, 1.807) is 19.9 Å². The van der Waals surface area contributed by atoms with Crippen molar-refractivity contribution in [2.45, 2.75) is 33.8 Å². The van der Waals surface area contributed by atoms with Gasteiger partial charge in [-0.2, -0.15) is 5.26 Å². The number of amides is 1. The van der Waals surface area contributed by atoms with Crippen LogP contribution in [0.2, 0.25) is 0 Å².